The van der Waals surface area contributed by atoms with Crippen LogP contribution in [0.25, 0.3) is 9.75 Å². The predicted molar refractivity (Wildman–Crippen MR) is 115 cm³/mol. The Balaban J connectivity index is 2.09. The second kappa shape index (κ2) is 11.4. The van der Waals surface area contributed by atoms with Gasteiger partial charge in [-0.1, -0.05) is 52.4 Å². The van der Waals surface area contributed by atoms with Crippen LogP contribution < -0.4 is 0 Å². The summed E-state index contributed by atoms with van der Waals surface area (Å²) in [6, 6.07) is 4.82. The second-order valence-corrected chi connectivity index (χ2v) is 9.60. The minimum absolute atomic E-state index is 1.25. The molecule has 0 amide bonds. The van der Waals surface area contributed by atoms with Crippen molar-refractivity contribution in [1.82, 2.24) is 0 Å². The zero-order chi connectivity index (χ0) is 17.2. The molecule has 24 heavy (non-hydrogen) atoms. The molecule has 0 aliphatic carbocycles. The summed E-state index contributed by atoms with van der Waals surface area (Å²) in [5, 5.41) is 2.30. The van der Waals surface area contributed by atoms with Gasteiger partial charge < -0.3 is 0 Å². The van der Waals surface area contributed by atoms with Crippen molar-refractivity contribution >= 4 is 34.4 Å². The highest BCUT2D eigenvalue weighted by Gasteiger charge is 2.15. The minimum Gasteiger partial charge on any atom is -0.143 e. The highest BCUT2D eigenvalue weighted by molar-refractivity contribution is 8.00. The SMILES string of the molecule is CCCCCCc1ccsc1-c1sc(SC)cc1CCCCCC. The van der Waals surface area contributed by atoms with Gasteiger partial charge in [0.15, 0.2) is 0 Å². The topological polar surface area (TPSA) is 0 Å². The van der Waals surface area contributed by atoms with Gasteiger partial charge in [0.1, 0.15) is 0 Å². The largest absolute Gasteiger partial charge is 0.143 e. The summed E-state index contributed by atoms with van der Waals surface area (Å²) in [6.45, 7) is 4.58. The molecule has 134 valence electrons. The van der Waals surface area contributed by atoms with Gasteiger partial charge in [0, 0.05) is 9.75 Å². The van der Waals surface area contributed by atoms with Gasteiger partial charge in [0.05, 0.1) is 4.21 Å². The van der Waals surface area contributed by atoms with Crippen molar-refractivity contribution in [2.45, 2.75) is 82.3 Å². The van der Waals surface area contributed by atoms with Crippen molar-refractivity contribution in [2.75, 3.05) is 6.26 Å². The third-order valence-electron chi connectivity index (χ3n) is 4.54. The lowest BCUT2D eigenvalue weighted by atomic mass is 10.0. The molecule has 0 saturated carbocycles. The first-order valence-electron chi connectivity index (χ1n) is 9.53. The van der Waals surface area contributed by atoms with Crippen LogP contribution in [0.4, 0.5) is 0 Å². The number of hydrogen-bond donors (Lipinski definition) is 0. The Kier molecular flexibility index (Phi) is 9.52. The van der Waals surface area contributed by atoms with Crippen molar-refractivity contribution in [3.8, 4) is 9.75 Å². The lowest BCUT2D eigenvalue weighted by Gasteiger charge is -2.06. The van der Waals surface area contributed by atoms with Crippen molar-refractivity contribution < 1.29 is 0 Å². The van der Waals surface area contributed by atoms with Gasteiger partial charge >= 0.3 is 0 Å². The molecule has 0 nitrogen and oxygen atoms in total. The monoisotopic (exact) mass is 380 g/mol. The standard InChI is InChI=1S/C21H32S3/c1-4-6-8-10-12-17-14-15-23-20(17)21-18(13-11-9-7-5-2)16-19(22-3)24-21/h14-16H,4-13H2,1-3H3. The van der Waals surface area contributed by atoms with Crippen molar-refractivity contribution in [1.29, 1.82) is 0 Å². The fourth-order valence-corrected chi connectivity index (χ4v) is 6.06. The molecule has 0 aliphatic rings. The average molecular weight is 381 g/mol. The number of thiophene rings is 2. The van der Waals surface area contributed by atoms with E-state index >= 15 is 0 Å². The van der Waals surface area contributed by atoms with E-state index in [1.54, 1.807) is 20.9 Å². The van der Waals surface area contributed by atoms with E-state index in [9.17, 15) is 0 Å². The summed E-state index contributed by atoms with van der Waals surface area (Å²) in [6.07, 6.45) is 15.5. The minimum atomic E-state index is 1.25. The summed E-state index contributed by atoms with van der Waals surface area (Å²) in [7, 11) is 0. The lowest BCUT2D eigenvalue weighted by Crippen LogP contribution is -1.89. The van der Waals surface area contributed by atoms with E-state index in [-0.39, 0.29) is 0 Å². The summed E-state index contributed by atoms with van der Waals surface area (Å²) in [5.74, 6) is 0. The van der Waals surface area contributed by atoms with E-state index in [1.807, 2.05) is 34.4 Å². The van der Waals surface area contributed by atoms with Crippen LogP contribution in [-0.4, -0.2) is 6.26 Å². The fourth-order valence-electron chi connectivity index (χ4n) is 3.10. The highest BCUT2D eigenvalue weighted by Crippen LogP contribution is 2.42. The van der Waals surface area contributed by atoms with Crippen LogP contribution in [-0.2, 0) is 12.8 Å². The maximum atomic E-state index is 2.46. The van der Waals surface area contributed by atoms with Crippen LogP contribution in [0.1, 0.15) is 76.3 Å². The van der Waals surface area contributed by atoms with Gasteiger partial charge in [-0.2, -0.15) is 0 Å². The molecule has 2 aromatic rings. The molecule has 0 radical (unpaired) electrons. The first kappa shape index (κ1) is 20.1. The van der Waals surface area contributed by atoms with E-state index in [2.05, 4.69) is 37.6 Å². The van der Waals surface area contributed by atoms with Gasteiger partial charge in [0.25, 0.3) is 0 Å². The van der Waals surface area contributed by atoms with Crippen LogP contribution in [0.15, 0.2) is 21.7 Å². The van der Waals surface area contributed by atoms with Gasteiger partial charge in [-0.05, 0) is 60.6 Å². The maximum Gasteiger partial charge on any atom is 0.0605 e. The Bertz CT molecular complexity index is 580. The fraction of sp³-hybridized carbons (Fsp3) is 0.619. The molecule has 0 aliphatic heterocycles. The van der Waals surface area contributed by atoms with E-state index in [0.717, 1.165) is 0 Å². The summed E-state index contributed by atoms with van der Waals surface area (Å²) < 4.78 is 1.47. The molecule has 0 unspecified atom stereocenters. The van der Waals surface area contributed by atoms with Crippen LogP contribution in [0.5, 0.6) is 0 Å². The summed E-state index contributed by atoms with van der Waals surface area (Å²) in [5.41, 5.74) is 3.18. The molecule has 2 aromatic heterocycles. The normalized spacial score (nSPS) is 11.3. The average Bonchev–Trinajstić information content (AvgIpc) is 3.21. The van der Waals surface area contributed by atoms with Crippen molar-refractivity contribution in [2.24, 2.45) is 0 Å². The third-order valence-corrected chi connectivity index (χ3v) is 7.90. The molecular weight excluding hydrogens is 348 g/mol. The van der Waals surface area contributed by atoms with Crippen LogP contribution >= 0.6 is 34.4 Å². The van der Waals surface area contributed by atoms with E-state index in [4.69, 9.17) is 0 Å². The third kappa shape index (κ3) is 5.93. The zero-order valence-electron chi connectivity index (χ0n) is 15.5. The number of rotatable bonds is 12. The first-order chi connectivity index (χ1) is 11.8. The molecule has 0 N–H and O–H groups in total. The van der Waals surface area contributed by atoms with Gasteiger partial charge in [-0.3, -0.25) is 0 Å². The Morgan fingerprint density at radius 3 is 2.12 bits per heavy atom. The van der Waals surface area contributed by atoms with E-state index < -0.39 is 0 Å². The Hall–Kier alpha value is -0.250. The smallest absolute Gasteiger partial charge is 0.0605 e. The zero-order valence-corrected chi connectivity index (χ0v) is 18.0. The van der Waals surface area contributed by atoms with Gasteiger partial charge in [-0.25, -0.2) is 0 Å². The summed E-state index contributed by atoms with van der Waals surface area (Å²) >= 11 is 5.86. The molecule has 3 heteroatoms. The molecular formula is C21H32S3. The van der Waals surface area contributed by atoms with Crippen LogP contribution in [0.3, 0.4) is 0 Å². The lowest BCUT2D eigenvalue weighted by molar-refractivity contribution is 0.666. The number of thioether (sulfide) groups is 1. The Morgan fingerprint density at radius 2 is 1.50 bits per heavy atom. The molecule has 0 saturated heterocycles. The molecule has 0 spiro atoms. The Morgan fingerprint density at radius 1 is 0.833 bits per heavy atom. The van der Waals surface area contributed by atoms with E-state index in [1.165, 1.54) is 68.4 Å². The van der Waals surface area contributed by atoms with Crippen molar-refractivity contribution in [3.63, 3.8) is 0 Å². The number of aryl methyl sites for hydroxylation is 2. The quantitative estimate of drug-likeness (QED) is 0.263. The molecule has 2 heterocycles. The van der Waals surface area contributed by atoms with E-state index in [0.29, 0.717) is 0 Å². The number of unbranched alkanes of at least 4 members (excludes halogenated alkanes) is 6. The van der Waals surface area contributed by atoms with Crippen LogP contribution in [0, 0.1) is 0 Å². The van der Waals surface area contributed by atoms with Gasteiger partial charge in [0.2, 0.25) is 0 Å². The van der Waals surface area contributed by atoms with Gasteiger partial charge in [-0.15, -0.1) is 34.4 Å². The number of hydrogen-bond acceptors (Lipinski definition) is 3. The molecule has 0 aromatic carbocycles. The highest BCUT2D eigenvalue weighted by atomic mass is 32.2. The van der Waals surface area contributed by atoms with Crippen LogP contribution in [0.2, 0.25) is 0 Å². The second-order valence-electron chi connectivity index (χ2n) is 6.52. The molecule has 0 fully saturated rings. The molecule has 0 bridgehead atoms. The predicted octanol–water partition coefficient (Wildman–Crippen LogP) is 8.44. The maximum absolute atomic E-state index is 2.46. The molecule has 2 rings (SSSR count). The molecule has 0 atom stereocenters. The Labute approximate surface area is 161 Å². The van der Waals surface area contributed by atoms with Crippen molar-refractivity contribution in [3.05, 3.63) is 28.6 Å². The first-order valence-corrected chi connectivity index (χ1v) is 12.5. The summed E-state index contributed by atoms with van der Waals surface area (Å²) in [4.78, 5) is 3.12.